The van der Waals surface area contributed by atoms with Gasteiger partial charge < -0.3 is 15.6 Å². The van der Waals surface area contributed by atoms with E-state index in [9.17, 15) is 0 Å². The standard InChI is InChI=1S/C9H19NO2/c1-8(10)9(2-5-11)3-6-12-7-4-9/h8,11H,2-7,10H2,1H3. The minimum Gasteiger partial charge on any atom is -0.396 e. The van der Waals surface area contributed by atoms with Gasteiger partial charge in [0.15, 0.2) is 0 Å². The van der Waals surface area contributed by atoms with Crippen LogP contribution in [0.5, 0.6) is 0 Å². The molecule has 3 nitrogen and oxygen atoms in total. The zero-order chi connectivity index (χ0) is 9.03. The molecular weight excluding hydrogens is 154 g/mol. The SMILES string of the molecule is CC(N)C1(CCO)CCOCC1. The summed E-state index contributed by atoms with van der Waals surface area (Å²) in [6.45, 7) is 3.85. The molecule has 72 valence electrons. The Hall–Kier alpha value is -0.120. The van der Waals surface area contributed by atoms with E-state index >= 15 is 0 Å². The van der Waals surface area contributed by atoms with Gasteiger partial charge in [-0.25, -0.2) is 0 Å². The molecule has 12 heavy (non-hydrogen) atoms. The predicted octanol–water partition coefficient (Wildman–Crippen LogP) is 0.513. The summed E-state index contributed by atoms with van der Waals surface area (Å²) in [7, 11) is 0. The van der Waals surface area contributed by atoms with Crippen molar-refractivity contribution in [3.05, 3.63) is 0 Å². The molecule has 0 aromatic rings. The normalized spacial score (nSPS) is 25.2. The fraction of sp³-hybridized carbons (Fsp3) is 1.00. The summed E-state index contributed by atoms with van der Waals surface area (Å²) in [6, 6.07) is 0.161. The number of ether oxygens (including phenoxy) is 1. The van der Waals surface area contributed by atoms with Crippen molar-refractivity contribution in [3.63, 3.8) is 0 Å². The quantitative estimate of drug-likeness (QED) is 0.654. The highest BCUT2D eigenvalue weighted by atomic mass is 16.5. The first kappa shape index (κ1) is 9.96. The van der Waals surface area contributed by atoms with Crippen LogP contribution in [0, 0.1) is 5.41 Å². The van der Waals surface area contributed by atoms with E-state index in [2.05, 4.69) is 0 Å². The molecule has 3 heteroatoms. The van der Waals surface area contributed by atoms with Crippen LogP contribution in [-0.4, -0.2) is 31.0 Å². The van der Waals surface area contributed by atoms with Crippen molar-refractivity contribution in [3.8, 4) is 0 Å². The molecule has 1 atom stereocenters. The molecule has 3 N–H and O–H groups in total. The van der Waals surface area contributed by atoms with E-state index in [1.165, 1.54) is 0 Å². The van der Waals surface area contributed by atoms with Gasteiger partial charge in [-0.2, -0.15) is 0 Å². The van der Waals surface area contributed by atoms with Crippen LogP contribution in [0.4, 0.5) is 0 Å². The minimum atomic E-state index is 0.132. The molecule has 0 aromatic carbocycles. The Bertz CT molecular complexity index is 125. The van der Waals surface area contributed by atoms with E-state index in [4.69, 9.17) is 15.6 Å². The molecule has 1 aliphatic heterocycles. The third kappa shape index (κ3) is 1.97. The Morgan fingerprint density at radius 1 is 1.50 bits per heavy atom. The molecule has 0 radical (unpaired) electrons. The van der Waals surface area contributed by atoms with Gasteiger partial charge in [0.1, 0.15) is 0 Å². The lowest BCUT2D eigenvalue weighted by molar-refractivity contribution is -0.00881. The Morgan fingerprint density at radius 2 is 2.08 bits per heavy atom. The second-order valence-electron chi connectivity index (χ2n) is 3.74. The van der Waals surface area contributed by atoms with Gasteiger partial charge in [0.05, 0.1) is 0 Å². The molecule has 0 spiro atoms. The molecular formula is C9H19NO2. The summed E-state index contributed by atoms with van der Waals surface area (Å²) >= 11 is 0. The maximum atomic E-state index is 8.94. The Balaban J connectivity index is 2.56. The zero-order valence-electron chi connectivity index (χ0n) is 7.75. The average molecular weight is 173 g/mol. The summed E-state index contributed by atoms with van der Waals surface area (Å²) in [5.41, 5.74) is 6.05. The number of aliphatic hydroxyl groups excluding tert-OH is 1. The van der Waals surface area contributed by atoms with E-state index in [1.807, 2.05) is 6.92 Å². The molecule has 0 saturated carbocycles. The topological polar surface area (TPSA) is 55.5 Å². The van der Waals surface area contributed by atoms with Crippen LogP contribution in [0.15, 0.2) is 0 Å². The van der Waals surface area contributed by atoms with E-state index in [0.29, 0.717) is 0 Å². The number of hydrogen-bond acceptors (Lipinski definition) is 3. The summed E-state index contributed by atoms with van der Waals surface area (Å²) in [5.74, 6) is 0. The van der Waals surface area contributed by atoms with E-state index < -0.39 is 0 Å². The van der Waals surface area contributed by atoms with Crippen LogP contribution < -0.4 is 5.73 Å². The number of nitrogens with two attached hydrogens (primary N) is 1. The molecule has 1 fully saturated rings. The monoisotopic (exact) mass is 173 g/mol. The molecule has 1 unspecified atom stereocenters. The van der Waals surface area contributed by atoms with Gasteiger partial charge in [0, 0.05) is 25.9 Å². The molecule has 0 aromatic heterocycles. The van der Waals surface area contributed by atoms with Crippen molar-refractivity contribution in [2.45, 2.75) is 32.2 Å². The molecule has 0 aliphatic carbocycles. The van der Waals surface area contributed by atoms with Crippen molar-refractivity contribution in [2.75, 3.05) is 19.8 Å². The van der Waals surface area contributed by atoms with Crippen LogP contribution >= 0.6 is 0 Å². The Labute approximate surface area is 73.9 Å². The van der Waals surface area contributed by atoms with Gasteiger partial charge in [0.25, 0.3) is 0 Å². The van der Waals surface area contributed by atoms with Crippen molar-refractivity contribution in [1.82, 2.24) is 0 Å². The highest BCUT2D eigenvalue weighted by Gasteiger charge is 2.35. The fourth-order valence-electron chi connectivity index (χ4n) is 1.93. The lowest BCUT2D eigenvalue weighted by Crippen LogP contribution is -2.44. The molecule has 1 heterocycles. The summed E-state index contributed by atoms with van der Waals surface area (Å²) in [4.78, 5) is 0. The largest absolute Gasteiger partial charge is 0.396 e. The van der Waals surface area contributed by atoms with Gasteiger partial charge >= 0.3 is 0 Å². The molecule has 0 bridgehead atoms. The van der Waals surface area contributed by atoms with E-state index in [-0.39, 0.29) is 18.1 Å². The minimum absolute atomic E-state index is 0.132. The van der Waals surface area contributed by atoms with Crippen LogP contribution in [0.25, 0.3) is 0 Å². The highest BCUT2D eigenvalue weighted by molar-refractivity contribution is 4.88. The predicted molar refractivity (Wildman–Crippen MR) is 47.8 cm³/mol. The number of rotatable bonds is 3. The summed E-state index contributed by atoms with van der Waals surface area (Å²) in [6.07, 6.45) is 2.80. The smallest absolute Gasteiger partial charge is 0.0471 e. The van der Waals surface area contributed by atoms with Gasteiger partial charge in [-0.1, -0.05) is 0 Å². The van der Waals surface area contributed by atoms with Gasteiger partial charge in [-0.15, -0.1) is 0 Å². The fourth-order valence-corrected chi connectivity index (χ4v) is 1.93. The third-order valence-electron chi connectivity index (χ3n) is 3.06. The second-order valence-corrected chi connectivity index (χ2v) is 3.74. The molecule has 1 aliphatic rings. The molecule has 1 saturated heterocycles. The van der Waals surface area contributed by atoms with Crippen molar-refractivity contribution in [1.29, 1.82) is 0 Å². The number of hydrogen-bond donors (Lipinski definition) is 2. The molecule has 0 amide bonds. The third-order valence-corrected chi connectivity index (χ3v) is 3.06. The van der Waals surface area contributed by atoms with Gasteiger partial charge in [0.2, 0.25) is 0 Å². The van der Waals surface area contributed by atoms with E-state index in [1.54, 1.807) is 0 Å². The van der Waals surface area contributed by atoms with Crippen LogP contribution in [0.3, 0.4) is 0 Å². The maximum absolute atomic E-state index is 8.94. The van der Waals surface area contributed by atoms with Gasteiger partial charge in [-0.05, 0) is 31.6 Å². The average Bonchev–Trinajstić information content (AvgIpc) is 2.06. The lowest BCUT2D eigenvalue weighted by atomic mass is 9.72. The zero-order valence-corrected chi connectivity index (χ0v) is 7.75. The maximum Gasteiger partial charge on any atom is 0.0471 e. The molecule has 1 rings (SSSR count). The highest BCUT2D eigenvalue weighted by Crippen LogP contribution is 2.36. The van der Waals surface area contributed by atoms with Crippen molar-refractivity contribution < 1.29 is 9.84 Å². The van der Waals surface area contributed by atoms with Crippen molar-refractivity contribution in [2.24, 2.45) is 11.1 Å². The first-order valence-electron chi connectivity index (χ1n) is 4.65. The second kappa shape index (κ2) is 4.21. The first-order valence-corrected chi connectivity index (χ1v) is 4.65. The summed E-state index contributed by atoms with van der Waals surface area (Å²) < 4.78 is 5.28. The summed E-state index contributed by atoms with van der Waals surface area (Å²) in [5, 5.41) is 8.94. The van der Waals surface area contributed by atoms with Crippen LogP contribution in [0.1, 0.15) is 26.2 Å². The van der Waals surface area contributed by atoms with Crippen LogP contribution in [-0.2, 0) is 4.74 Å². The number of aliphatic hydroxyl groups is 1. The van der Waals surface area contributed by atoms with Crippen LogP contribution in [0.2, 0.25) is 0 Å². The Morgan fingerprint density at radius 3 is 2.50 bits per heavy atom. The van der Waals surface area contributed by atoms with E-state index in [0.717, 1.165) is 32.5 Å². The lowest BCUT2D eigenvalue weighted by Gasteiger charge is -2.40. The van der Waals surface area contributed by atoms with Crippen molar-refractivity contribution >= 4 is 0 Å². The first-order chi connectivity index (χ1) is 5.71. The van der Waals surface area contributed by atoms with Gasteiger partial charge in [-0.3, -0.25) is 0 Å². The Kier molecular flexibility index (Phi) is 3.50.